The van der Waals surface area contributed by atoms with Crippen LogP contribution in [0.25, 0.3) is 0 Å². The summed E-state index contributed by atoms with van der Waals surface area (Å²) in [5, 5.41) is 3.94. The summed E-state index contributed by atoms with van der Waals surface area (Å²) in [6.07, 6.45) is 1.11. The van der Waals surface area contributed by atoms with E-state index >= 15 is 0 Å². The third-order valence-corrected chi connectivity index (χ3v) is 5.07. The van der Waals surface area contributed by atoms with Crippen molar-refractivity contribution in [1.82, 2.24) is 10.3 Å². The molecule has 0 atom stereocenters. The van der Waals surface area contributed by atoms with Crippen molar-refractivity contribution >= 4 is 40.8 Å². The van der Waals surface area contributed by atoms with E-state index in [9.17, 15) is 13.2 Å². The summed E-state index contributed by atoms with van der Waals surface area (Å²) in [7, 11) is 0. The maximum Gasteiger partial charge on any atom is 0.184 e. The quantitative estimate of drug-likeness (QED) is 0.424. The highest BCUT2D eigenvalue weighted by Crippen LogP contribution is 2.26. The SMILES string of the molecule is NC(=S)NN=Cc1ccc(N2CCN(Cc3c(F)cccc3Cl)CC2)c(F)c1F. The lowest BCUT2D eigenvalue weighted by atomic mass is 10.1. The Morgan fingerprint density at radius 3 is 2.52 bits per heavy atom. The van der Waals surface area contributed by atoms with Crippen molar-refractivity contribution < 1.29 is 13.2 Å². The summed E-state index contributed by atoms with van der Waals surface area (Å²) >= 11 is 10.7. The molecule has 1 aliphatic rings. The Kier molecular flexibility index (Phi) is 6.94. The average molecular weight is 442 g/mol. The zero-order chi connectivity index (χ0) is 21.0. The number of halogens is 4. The van der Waals surface area contributed by atoms with Crippen LogP contribution < -0.4 is 16.1 Å². The molecule has 2 aromatic rings. The second-order valence-corrected chi connectivity index (χ2v) is 7.35. The predicted molar refractivity (Wildman–Crippen MR) is 113 cm³/mol. The Labute approximate surface area is 176 Å². The fraction of sp³-hybridized carbons (Fsp3) is 0.263. The number of hydrogen-bond donors (Lipinski definition) is 2. The van der Waals surface area contributed by atoms with E-state index in [1.807, 2.05) is 4.90 Å². The van der Waals surface area contributed by atoms with Gasteiger partial charge in [0.2, 0.25) is 0 Å². The maximum absolute atomic E-state index is 14.6. The average Bonchev–Trinajstić information content (AvgIpc) is 2.69. The van der Waals surface area contributed by atoms with Crippen LogP contribution in [0.4, 0.5) is 18.9 Å². The van der Waals surface area contributed by atoms with E-state index in [1.165, 1.54) is 18.2 Å². The summed E-state index contributed by atoms with van der Waals surface area (Å²) in [6, 6.07) is 7.52. The Hall–Kier alpha value is -2.36. The number of nitrogens with one attached hydrogen (secondary N) is 1. The highest BCUT2D eigenvalue weighted by Gasteiger charge is 2.23. The number of thiocarbonyl (C=S) groups is 1. The number of hydrazone groups is 1. The van der Waals surface area contributed by atoms with Crippen LogP contribution in [0, 0.1) is 17.5 Å². The van der Waals surface area contributed by atoms with E-state index in [4.69, 9.17) is 17.3 Å². The third-order valence-electron chi connectivity index (χ3n) is 4.63. The lowest BCUT2D eigenvalue weighted by Crippen LogP contribution is -2.46. The first-order chi connectivity index (χ1) is 13.9. The van der Waals surface area contributed by atoms with Gasteiger partial charge < -0.3 is 10.6 Å². The van der Waals surface area contributed by atoms with Gasteiger partial charge in [-0.05, 0) is 36.5 Å². The molecule has 0 bridgehead atoms. The fourth-order valence-corrected chi connectivity index (χ4v) is 3.39. The van der Waals surface area contributed by atoms with Crippen LogP contribution in [0.3, 0.4) is 0 Å². The van der Waals surface area contributed by atoms with Crippen LogP contribution >= 0.6 is 23.8 Å². The van der Waals surface area contributed by atoms with Crippen LogP contribution in [-0.2, 0) is 6.54 Å². The fourth-order valence-electron chi connectivity index (χ4n) is 3.12. The Morgan fingerprint density at radius 2 is 1.86 bits per heavy atom. The molecule has 3 rings (SSSR count). The molecule has 154 valence electrons. The van der Waals surface area contributed by atoms with E-state index in [1.54, 1.807) is 17.0 Å². The summed E-state index contributed by atoms with van der Waals surface area (Å²) in [4.78, 5) is 3.78. The molecule has 1 fully saturated rings. The highest BCUT2D eigenvalue weighted by molar-refractivity contribution is 7.80. The van der Waals surface area contributed by atoms with E-state index in [2.05, 4.69) is 22.7 Å². The zero-order valence-electron chi connectivity index (χ0n) is 15.3. The number of hydrogen-bond acceptors (Lipinski definition) is 4. The molecule has 0 unspecified atom stereocenters. The minimum atomic E-state index is -1.00. The van der Waals surface area contributed by atoms with Crippen molar-refractivity contribution in [3.05, 3.63) is 63.9 Å². The molecule has 2 aromatic carbocycles. The molecule has 0 saturated carbocycles. The summed E-state index contributed by atoms with van der Waals surface area (Å²) < 4.78 is 42.9. The minimum absolute atomic E-state index is 0.0252. The van der Waals surface area contributed by atoms with Crippen molar-refractivity contribution in [2.45, 2.75) is 6.54 Å². The Morgan fingerprint density at radius 1 is 1.14 bits per heavy atom. The van der Waals surface area contributed by atoms with Crippen LogP contribution in [0.5, 0.6) is 0 Å². The number of piperazine rings is 1. The van der Waals surface area contributed by atoms with E-state index in [0.717, 1.165) is 6.21 Å². The van der Waals surface area contributed by atoms with Crippen LogP contribution in [-0.4, -0.2) is 42.4 Å². The van der Waals surface area contributed by atoms with Gasteiger partial charge in [-0.3, -0.25) is 10.3 Å². The number of rotatable bonds is 5. The maximum atomic E-state index is 14.6. The molecule has 0 spiro atoms. The van der Waals surface area contributed by atoms with E-state index in [-0.39, 0.29) is 22.2 Å². The topological polar surface area (TPSA) is 56.9 Å². The Bertz CT molecular complexity index is 912. The molecule has 0 aliphatic carbocycles. The number of nitrogens with two attached hydrogens (primary N) is 1. The third kappa shape index (κ3) is 5.17. The molecule has 29 heavy (non-hydrogen) atoms. The highest BCUT2D eigenvalue weighted by atomic mass is 35.5. The molecule has 1 heterocycles. The van der Waals surface area contributed by atoms with Crippen LogP contribution in [0.2, 0.25) is 5.02 Å². The monoisotopic (exact) mass is 441 g/mol. The van der Waals surface area contributed by atoms with Gasteiger partial charge in [0.1, 0.15) is 5.82 Å². The van der Waals surface area contributed by atoms with E-state index < -0.39 is 11.6 Å². The molecule has 0 aromatic heterocycles. The molecular formula is C19H19ClF3N5S. The standard InChI is InChI=1S/C19H19ClF3N5S/c20-14-2-1-3-15(21)13(14)11-27-6-8-28(9-7-27)16-5-4-12(17(22)18(16)23)10-25-26-19(24)29/h1-5,10H,6-9,11H2,(H3,24,26,29). The van der Waals surface area contributed by atoms with Gasteiger partial charge in [0.25, 0.3) is 0 Å². The number of nitrogens with zero attached hydrogens (tertiary/aromatic N) is 3. The molecular weight excluding hydrogens is 423 g/mol. The number of anilines is 1. The molecule has 10 heteroatoms. The van der Waals surface area contributed by atoms with Crippen LogP contribution in [0.1, 0.15) is 11.1 Å². The van der Waals surface area contributed by atoms with Gasteiger partial charge in [0, 0.05) is 48.9 Å². The minimum Gasteiger partial charge on any atom is -0.375 e. The van der Waals surface area contributed by atoms with Gasteiger partial charge in [0.15, 0.2) is 16.7 Å². The van der Waals surface area contributed by atoms with Gasteiger partial charge in [-0.15, -0.1) is 0 Å². The largest absolute Gasteiger partial charge is 0.375 e. The summed E-state index contributed by atoms with van der Waals surface area (Å²) in [5.74, 6) is -2.30. The lowest BCUT2D eigenvalue weighted by Gasteiger charge is -2.36. The summed E-state index contributed by atoms with van der Waals surface area (Å²) in [6.45, 7) is 2.43. The van der Waals surface area contributed by atoms with E-state index in [0.29, 0.717) is 43.3 Å². The number of benzene rings is 2. The van der Waals surface area contributed by atoms with Crippen molar-refractivity contribution in [3.63, 3.8) is 0 Å². The van der Waals surface area contributed by atoms with Crippen molar-refractivity contribution in [3.8, 4) is 0 Å². The molecule has 3 N–H and O–H groups in total. The van der Waals surface area contributed by atoms with Gasteiger partial charge in [0.05, 0.1) is 11.9 Å². The molecule has 0 radical (unpaired) electrons. The first-order valence-corrected chi connectivity index (χ1v) is 9.62. The second kappa shape index (κ2) is 9.43. The zero-order valence-corrected chi connectivity index (χ0v) is 16.9. The molecule has 5 nitrogen and oxygen atoms in total. The van der Waals surface area contributed by atoms with Crippen LogP contribution in [0.15, 0.2) is 35.4 Å². The van der Waals surface area contributed by atoms with Crippen molar-refractivity contribution in [2.24, 2.45) is 10.8 Å². The first-order valence-electron chi connectivity index (χ1n) is 8.83. The summed E-state index contributed by atoms with van der Waals surface area (Å²) in [5.41, 5.74) is 8.10. The predicted octanol–water partition coefficient (Wildman–Crippen LogP) is 3.25. The van der Waals surface area contributed by atoms with Gasteiger partial charge >= 0.3 is 0 Å². The van der Waals surface area contributed by atoms with Gasteiger partial charge in [-0.25, -0.2) is 13.2 Å². The second-order valence-electron chi connectivity index (χ2n) is 6.50. The smallest absolute Gasteiger partial charge is 0.184 e. The first kappa shape index (κ1) is 21.4. The normalized spacial score (nSPS) is 15.1. The molecule has 0 amide bonds. The lowest BCUT2D eigenvalue weighted by molar-refractivity contribution is 0.246. The molecule has 1 aliphatic heterocycles. The van der Waals surface area contributed by atoms with Gasteiger partial charge in [-0.2, -0.15) is 5.10 Å². The molecule has 1 saturated heterocycles. The Balaban J connectivity index is 1.65. The van der Waals surface area contributed by atoms with Gasteiger partial charge in [-0.1, -0.05) is 17.7 Å². The van der Waals surface area contributed by atoms with Crippen molar-refractivity contribution in [1.29, 1.82) is 0 Å². The van der Waals surface area contributed by atoms with Crippen molar-refractivity contribution in [2.75, 3.05) is 31.1 Å².